The van der Waals surface area contributed by atoms with Crippen molar-refractivity contribution in [3.05, 3.63) is 77.2 Å². The molecule has 5 aliphatic rings. The number of amides is 5. The molecule has 1 saturated carbocycles. The Kier molecular flexibility index (Phi) is 10.6. The molecular formula is C44H47F3N8O6. The van der Waals surface area contributed by atoms with Crippen LogP contribution in [-0.2, 0) is 15.8 Å². The molecule has 2 aromatic carbocycles. The molecule has 4 fully saturated rings. The van der Waals surface area contributed by atoms with Crippen molar-refractivity contribution < 1.29 is 41.9 Å². The Morgan fingerprint density at radius 3 is 2.34 bits per heavy atom. The maximum Gasteiger partial charge on any atom is 0.433 e. The van der Waals surface area contributed by atoms with Gasteiger partial charge in [-0.15, -0.1) is 0 Å². The Bertz CT molecular complexity index is 2410. The van der Waals surface area contributed by atoms with E-state index in [1.54, 1.807) is 24.3 Å². The number of halogens is 3. The Morgan fingerprint density at radius 2 is 1.64 bits per heavy atom. The molecule has 17 heteroatoms. The summed E-state index contributed by atoms with van der Waals surface area (Å²) in [7, 11) is 1.45. The van der Waals surface area contributed by atoms with Gasteiger partial charge in [-0.2, -0.15) is 18.3 Å². The molecular weight excluding hydrogens is 794 g/mol. The van der Waals surface area contributed by atoms with Crippen LogP contribution in [0.4, 0.5) is 24.5 Å². The van der Waals surface area contributed by atoms with Crippen LogP contribution in [0.25, 0.3) is 10.9 Å². The van der Waals surface area contributed by atoms with E-state index in [4.69, 9.17) is 9.84 Å². The highest BCUT2D eigenvalue weighted by molar-refractivity contribution is 6.25. The number of rotatable bonds is 8. The maximum absolute atomic E-state index is 13.7. The summed E-state index contributed by atoms with van der Waals surface area (Å²) in [6, 6.07) is 11.2. The van der Waals surface area contributed by atoms with Gasteiger partial charge in [0.25, 0.3) is 17.7 Å². The predicted octanol–water partition coefficient (Wildman–Crippen LogP) is 6.23. The number of imide groups is 2. The van der Waals surface area contributed by atoms with Gasteiger partial charge in [-0.25, -0.2) is 4.98 Å². The van der Waals surface area contributed by atoms with Crippen LogP contribution in [0, 0.1) is 11.3 Å². The lowest BCUT2D eigenvalue weighted by Gasteiger charge is -2.48. The molecule has 4 aliphatic heterocycles. The van der Waals surface area contributed by atoms with Gasteiger partial charge in [-0.1, -0.05) is 12.1 Å². The van der Waals surface area contributed by atoms with E-state index in [1.165, 1.54) is 13.2 Å². The van der Waals surface area contributed by atoms with Crippen LogP contribution in [0.2, 0.25) is 0 Å². The molecule has 320 valence electrons. The number of likely N-dealkylation sites (tertiary alicyclic amines) is 1. The molecule has 6 heterocycles. The number of hydrogen-bond acceptors (Lipinski definition) is 10. The second-order valence-electron chi connectivity index (χ2n) is 17.2. The van der Waals surface area contributed by atoms with Crippen molar-refractivity contribution >= 4 is 51.8 Å². The summed E-state index contributed by atoms with van der Waals surface area (Å²) in [6.45, 7) is 4.71. The van der Waals surface area contributed by atoms with Crippen LogP contribution in [0.1, 0.15) is 107 Å². The van der Waals surface area contributed by atoms with E-state index in [2.05, 4.69) is 25.4 Å². The van der Waals surface area contributed by atoms with E-state index in [1.807, 2.05) is 16.9 Å². The van der Waals surface area contributed by atoms with E-state index >= 15 is 0 Å². The van der Waals surface area contributed by atoms with E-state index in [9.17, 15) is 37.1 Å². The maximum atomic E-state index is 13.7. The van der Waals surface area contributed by atoms with Crippen molar-refractivity contribution in [3.63, 3.8) is 0 Å². The summed E-state index contributed by atoms with van der Waals surface area (Å²) in [4.78, 5) is 73.7. The zero-order valence-corrected chi connectivity index (χ0v) is 33.8. The lowest BCUT2D eigenvalue weighted by molar-refractivity contribution is -0.141. The van der Waals surface area contributed by atoms with Crippen molar-refractivity contribution in [1.29, 1.82) is 0 Å². The topological polar surface area (TPSA) is 159 Å². The quantitative estimate of drug-likeness (QED) is 0.195. The van der Waals surface area contributed by atoms with Crippen molar-refractivity contribution in [3.8, 4) is 5.75 Å². The average Bonchev–Trinajstić information content (AvgIpc) is 3.78. The molecule has 0 bridgehead atoms. The minimum absolute atomic E-state index is 0.0820. The van der Waals surface area contributed by atoms with E-state index in [-0.39, 0.29) is 30.0 Å². The Labute approximate surface area is 349 Å². The van der Waals surface area contributed by atoms with Crippen molar-refractivity contribution in [2.45, 2.75) is 82.5 Å². The minimum atomic E-state index is -4.67. The molecule has 61 heavy (non-hydrogen) atoms. The number of carbonyl (C=O) groups excluding carboxylic acids is 5. The molecule has 3 saturated heterocycles. The Morgan fingerprint density at radius 1 is 0.918 bits per heavy atom. The number of benzene rings is 2. The summed E-state index contributed by atoms with van der Waals surface area (Å²) < 4.78 is 47.1. The molecule has 4 aromatic rings. The van der Waals surface area contributed by atoms with Gasteiger partial charge in [0.2, 0.25) is 11.8 Å². The number of methoxy groups -OCH3 is 1. The molecule has 0 radical (unpaired) electrons. The average molecular weight is 841 g/mol. The van der Waals surface area contributed by atoms with Crippen molar-refractivity contribution in [1.82, 2.24) is 29.9 Å². The monoisotopic (exact) mass is 840 g/mol. The van der Waals surface area contributed by atoms with Crippen molar-refractivity contribution in [2.75, 3.05) is 50.1 Å². The number of anilines is 2. The number of fused-ring (bicyclic) bond motifs is 2. The number of alkyl halides is 3. The number of aromatic nitrogens is 3. The number of nitrogens with one attached hydrogen (secondary N) is 2. The third-order valence-electron chi connectivity index (χ3n) is 13.6. The third-order valence-corrected chi connectivity index (χ3v) is 13.6. The lowest BCUT2D eigenvalue weighted by Crippen LogP contribution is -2.54. The largest absolute Gasteiger partial charge is 0.494 e. The highest BCUT2D eigenvalue weighted by Crippen LogP contribution is 2.45. The zero-order chi connectivity index (χ0) is 42.6. The summed E-state index contributed by atoms with van der Waals surface area (Å²) in [5, 5.41) is 10.5. The predicted molar refractivity (Wildman–Crippen MR) is 217 cm³/mol. The van der Waals surface area contributed by atoms with Gasteiger partial charge < -0.3 is 19.9 Å². The first-order chi connectivity index (χ1) is 29.3. The Balaban J connectivity index is 0.763. The molecule has 9 rings (SSSR count). The van der Waals surface area contributed by atoms with Gasteiger partial charge in [0.15, 0.2) is 0 Å². The molecule has 1 spiro atoms. The fourth-order valence-corrected chi connectivity index (χ4v) is 10.1. The van der Waals surface area contributed by atoms with Gasteiger partial charge in [-0.05, 0) is 113 Å². The first-order valence-corrected chi connectivity index (χ1v) is 21.0. The minimum Gasteiger partial charge on any atom is -0.494 e. The zero-order valence-electron chi connectivity index (χ0n) is 33.8. The first-order valence-electron chi connectivity index (χ1n) is 21.0. The molecule has 1 unspecified atom stereocenters. The van der Waals surface area contributed by atoms with Crippen LogP contribution in [0.15, 0.2) is 54.7 Å². The normalized spacial score (nSPS) is 23.4. The number of hydrogen-bond donors (Lipinski definition) is 2. The fourth-order valence-electron chi connectivity index (χ4n) is 10.1. The summed E-state index contributed by atoms with van der Waals surface area (Å²) in [6.07, 6.45) is 5.84. The molecule has 2 aromatic heterocycles. The van der Waals surface area contributed by atoms with E-state index < -0.39 is 47.4 Å². The van der Waals surface area contributed by atoms with Crippen molar-refractivity contribution in [2.24, 2.45) is 11.3 Å². The van der Waals surface area contributed by atoms with Gasteiger partial charge in [0.05, 0.1) is 41.2 Å². The van der Waals surface area contributed by atoms with Gasteiger partial charge >= 0.3 is 6.18 Å². The fraction of sp³-hybridized carbons (Fsp3) is 0.477. The second kappa shape index (κ2) is 15.9. The van der Waals surface area contributed by atoms with Crippen LogP contribution >= 0.6 is 0 Å². The number of ether oxygens (including phenoxy) is 1. The summed E-state index contributed by atoms with van der Waals surface area (Å²) in [5.41, 5.74) is 1.14. The molecule has 5 amide bonds. The SMILES string of the molecule is COc1cc2nn(C3CCC(CN4CCC5(CC4)CCN(c4cccc6c4C(=O)N(C4CCC(=O)NC4=O)C6=O)CC5)CC3)cc2cc1NC(=O)c1cccc(C(F)(F)F)n1. The lowest BCUT2D eigenvalue weighted by atomic mass is 9.71. The molecule has 1 atom stereocenters. The van der Waals surface area contributed by atoms with Crippen LogP contribution in [0.5, 0.6) is 5.75 Å². The standard InChI is InChI=1S/C44H47F3N8O6/c1-61-35-23-31-27(22-32(35)49-39(57)30-5-3-7-36(48-30)44(45,46)47)25-54(51-31)28-10-8-26(9-11-28)24-52-18-14-43(15-19-52)16-20-53(21-17-43)33-6-2-4-29-38(33)42(60)55(41(29)59)34-12-13-37(56)50-40(34)58/h2-7,22-23,25-26,28,34H,8-21,24H2,1H3,(H,49,57)(H,50,56,58). The first kappa shape index (κ1) is 40.6. The van der Waals surface area contributed by atoms with Crippen LogP contribution in [0.3, 0.4) is 0 Å². The summed E-state index contributed by atoms with van der Waals surface area (Å²) >= 11 is 0. The van der Waals surface area contributed by atoms with Gasteiger partial charge in [0.1, 0.15) is 23.2 Å². The molecule has 14 nitrogen and oxygen atoms in total. The third kappa shape index (κ3) is 7.83. The number of nitrogens with zero attached hydrogens (tertiary/aromatic N) is 6. The molecule has 1 aliphatic carbocycles. The molecule has 2 N–H and O–H groups in total. The number of pyridine rings is 1. The highest BCUT2D eigenvalue weighted by atomic mass is 19.4. The van der Waals surface area contributed by atoms with Crippen LogP contribution in [-0.4, -0.2) is 100.0 Å². The smallest absolute Gasteiger partial charge is 0.433 e. The number of carbonyl (C=O) groups is 5. The van der Waals surface area contributed by atoms with Crippen LogP contribution < -0.4 is 20.3 Å². The summed E-state index contributed by atoms with van der Waals surface area (Å²) in [5.74, 6) is -1.82. The highest BCUT2D eigenvalue weighted by Gasteiger charge is 2.47. The van der Waals surface area contributed by atoms with E-state index in [0.29, 0.717) is 34.0 Å². The Hall–Kier alpha value is -5.84. The second-order valence-corrected chi connectivity index (χ2v) is 17.2. The number of piperidine rings is 3. The van der Waals surface area contributed by atoms with Gasteiger partial charge in [-0.3, -0.25) is 38.9 Å². The van der Waals surface area contributed by atoms with E-state index in [0.717, 1.165) is 112 Å². The van der Waals surface area contributed by atoms with Gasteiger partial charge in [0, 0.05) is 43.7 Å².